The smallest absolute Gasteiger partial charge is 0.198 e. The lowest BCUT2D eigenvalue weighted by Gasteiger charge is -2.34. The van der Waals surface area contributed by atoms with Gasteiger partial charge < -0.3 is 24.6 Å². The van der Waals surface area contributed by atoms with Crippen LogP contribution in [0.15, 0.2) is 54.6 Å². The number of nitrogen functional groups attached to an aromatic ring is 1. The molecule has 0 atom stereocenters. The number of rotatable bonds is 27. The number of phenolic OH excluding ortho intramolecular Hbond substituents is 1. The Morgan fingerprint density at radius 1 is 0.684 bits per heavy atom. The van der Waals surface area contributed by atoms with Crippen LogP contribution in [0.2, 0.25) is 38.3 Å². The van der Waals surface area contributed by atoms with Gasteiger partial charge in [-0.15, -0.1) is 0 Å². The molecule has 0 amide bonds. The standard InChI is InChI=1S/C48H74N2O5Si2/c1-8-9-34-56(4,5)55-57(6,7)35-22-21-32-50(31-20-16-14-12-10-11-13-15-17-23-37(2)3)33-30-38-26-28-39(29-27-38)54-43-36-42(51)44-45(46(43)49)48(53)41-25-19-18-24-40(41)47(44)52/h18-19,24-29,36-37,51H,8-17,20-23,30-35,49H2,1-7H3. The molecule has 4 rings (SSSR count). The number of nitrogens with zero attached hydrogens (tertiary/aromatic N) is 1. The van der Waals surface area contributed by atoms with E-state index in [2.05, 4.69) is 64.0 Å². The first-order chi connectivity index (χ1) is 27.2. The van der Waals surface area contributed by atoms with Crippen LogP contribution in [0.4, 0.5) is 5.69 Å². The Morgan fingerprint density at radius 2 is 1.21 bits per heavy atom. The van der Waals surface area contributed by atoms with Crippen LogP contribution in [-0.2, 0) is 10.5 Å². The van der Waals surface area contributed by atoms with Crippen molar-refractivity contribution in [1.29, 1.82) is 0 Å². The Labute approximate surface area is 347 Å². The van der Waals surface area contributed by atoms with E-state index in [4.69, 9.17) is 14.6 Å². The largest absolute Gasteiger partial charge is 0.507 e. The van der Waals surface area contributed by atoms with Crippen LogP contribution in [0, 0.1) is 5.92 Å². The van der Waals surface area contributed by atoms with E-state index in [1.807, 2.05) is 12.1 Å². The number of fused-ring (bicyclic) bond motifs is 2. The van der Waals surface area contributed by atoms with Gasteiger partial charge in [0.1, 0.15) is 11.5 Å². The average molecular weight is 815 g/mol. The summed E-state index contributed by atoms with van der Waals surface area (Å²) in [6, 6.07) is 18.4. The first kappa shape index (κ1) is 46.4. The number of ether oxygens (including phenoxy) is 1. The van der Waals surface area contributed by atoms with E-state index >= 15 is 0 Å². The normalized spacial score (nSPS) is 13.1. The van der Waals surface area contributed by atoms with Gasteiger partial charge in [-0.05, 0) is 94.2 Å². The number of benzene rings is 3. The second kappa shape index (κ2) is 22.8. The number of carbonyl (C=O) groups is 2. The fraction of sp³-hybridized carbons (Fsp3) is 0.583. The maximum Gasteiger partial charge on any atom is 0.198 e. The molecular formula is C48H74N2O5Si2. The van der Waals surface area contributed by atoms with Crippen molar-refractivity contribution in [2.75, 3.05) is 25.4 Å². The number of unbranched alkanes of at least 4 members (excludes halogenated alkanes) is 10. The van der Waals surface area contributed by atoms with Gasteiger partial charge in [0.25, 0.3) is 0 Å². The molecule has 0 radical (unpaired) electrons. The maximum absolute atomic E-state index is 13.4. The minimum Gasteiger partial charge on any atom is -0.507 e. The highest BCUT2D eigenvalue weighted by Gasteiger charge is 2.35. The van der Waals surface area contributed by atoms with Crippen molar-refractivity contribution in [3.63, 3.8) is 0 Å². The van der Waals surface area contributed by atoms with Gasteiger partial charge in [-0.2, -0.15) is 0 Å². The molecule has 1 aliphatic carbocycles. The molecule has 0 heterocycles. The number of nitrogens with two attached hydrogens (primary N) is 1. The molecule has 0 aromatic heterocycles. The van der Waals surface area contributed by atoms with Crippen molar-refractivity contribution < 1.29 is 23.5 Å². The maximum atomic E-state index is 13.4. The molecule has 3 N–H and O–H groups in total. The molecule has 7 nitrogen and oxygen atoms in total. The quantitative estimate of drug-likeness (QED) is 0.0267. The minimum atomic E-state index is -1.68. The van der Waals surface area contributed by atoms with Gasteiger partial charge in [0.15, 0.2) is 34.0 Å². The summed E-state index contributed by atoms with van der Waals surface area (Å²) in [5.74, 6) is 0.388. The second-order valence-corrected chi connectivity index (χ2v) is 27.0. The molecule has 3 aromatic rings. The third-order valence-corrected chi connectivity index (χ3v) is 19.0. The molecule has 314 valence electrons. The summed E-state index contributed by atoms with van der Waals surface area (Å²) >= 11 is 0. The minimum absolute atomic E-state index is 0.00553. The highest BCUT2D eigenvalue weighted by atomic mass is 28.4. The molecule has 3 aromatic carbocycles. The van der Waals surface area contributed by atoms with Crippen LogP contribution in [0.1, 0.15) is 148 Å². The predicted molar refractivity (Wildman–Crippen MR) is 243 cm³/mol. The van der Waals surface area contributed by atoms with Gasteiger partial charge in [-0.25, -0.2) is 0 Å². The van der Waals surface area contributed by atoms with Crippen molar-refractivity contribution in [2.45, 2.75) is 155 Å². The van der Waals surface area contributed by atoms with E-state index in [0.29, 0.717) is 5.75 Å². The summed E-state index contributed by atoms with van der Waals surface area (Å²) in [5.41, 5.74) is 8.18. The molecule has 0 saturated heterocycles. The third-order valence-electron chi connectivity index (χ3n) is 11.5. The number of ketones is 2. The molecule has 1 aliphatic rings. The van der Waals surface area contributed by atoms with Crippen molar-refractivity contribution >= 4 is 33.9 Å². The lowest BCUT2D eigenvalue weighted by Crippen LogP contribution is -2.44. The monoisotopic (exact) mass is 815 g/mol. The van der Waals surface area contributed by atoms with Crippen LogP contribution in [0.25, 0.3) is 0 Å². The summed E-state index contributed by atoms with van der Waals surface area (Å²) < 4.78 is 13.0. The van der Waals surface area contributed by atoms with Crippen molar-refractivity contribution in [2.24, 2.45) is 5.92 Å². The highest BCUT2D eigenvalue weighted by molar-refractivity contribution is 6.84. The number of phenols is 1. The third kappa shape index (κ3) is 14.8. The first-order valence-corrected chi connectivity index (χ1v) is 28.5. The van der Waals surface area contributed by atoms with Crippen molar-refractivity contribution in [1.82, 2.24) is 4.90 Å². The van der Waals surface area contributed by atoms with Crippen LogP contribution in [0.3, 0.4) is 0 Å². The molecule has 0 aliphatic heterocycles. The van der Waals surface area contributed by atoms with Crippen LogP contribution >= 0.6 is 0 Å². The molecule has 57 heavy (non-hydrogen) atoms. The molecule has 0 fully saturated rings. The molecule has 0 spiro atoms. The van der Waals surface area contributed by atoms with Gasteiger partial charge >= 0.3 is 0 Å². The fourth-order valence-electron chi connectivity index (χ4n) is 8.30. The Bertz CT molecular complexity index is 1720. The summed E-state index contributed by atoms with van der Waals surface area (Å²) in [6.45, 7) is 19.8. The lowest BCUT2D eigenvalue weighted by molar-refractivity contribution is 0.0977. The first-order valence-electron chi connectivity index (χ1n) is 22.2. The number of aromatic hydroxyl groups is 1. The summed E-state index contributed by atoms with van der Waals surface area (Å²) in [4.78, 5) is 29.2. The summed E-state index contributed by atoms with van der Waals surface area (Å²) in [7, 11) is -3.27. The van der Waals surface area contributed by atoms with E-state index in [0.717, 1.165) is 32.0 Å². The molecule has 0 bridgehead atoms. The van der Waals surface area contributed by atoms with E-state index in [1.54, 1.807) is 24.3 Å². The summed E-state index contributed by atoms with van der Waals surface area (Å²) in [6.07, 6.45) is 19.4. The summed E-state index contributed by atoms with van der Waals surface area (Å²) in [5, 5.41) is 10.9. The van der Waals surface area contributed by atoms with Crippen molar-refractivity contribution in [3.05, 3.63) is 82.4 Å². The zero-order chi connectivity index (χ0) is 41.4. The number of anilines is 1. The number of carbonyl (C=O) groups excluding carboxylic acids is 2. The SMILES string of the molecule is CCCC[Si](C)(C)O[Si](C)(C)CCCCN(CCCCCCCCCCCC(C)C)CCc1ccc(Oc2cc(O)c3c(c2N)C(=O)c2ccccc2C3=O)cc1. The van der Waals surface area contributed by atoms with Gasteiger partial charge in [-0.1, -0.05) is 134 Å². The zero-order valence-corrected chi connectivity index (χ0v) is 38.5. The lowest BCUT2D eigenvalue weighted by atomic mass is 9.82. The van der Waals surface area contributed by atoms with E-state index in [9.17, 15) is 14.7 Å². The topological polar surface area (TPSA) is 102 Å². The van der Waals surface area contributed by atoms with E-state index in [1.165, 1.54) is 114 Å². The fourth-order valence-corrected chi connectivity index (χ4v) is 17.4. The van der Waals surface area contributed by atoms with Crippen LogP contribution in [-0.4, -0.2) is 57.8 Å². The van der Waals surface area contributed by atoms with Gasteiger partial charge in [-0.3, -0.25) is 9.59 Å². The van der Waals surface area contributed by atoms with E-state index < -0.39 is 28.2 Å². The van der Waals surface area contributed by atoms with Crippen molar-refractivity contribution in [3.8, 4) is 17.2 Å². The Balaban J connectivity index is 1.30. The van der Waals surface area contributed by atoms with Gasteiger partial charge in [0, 0.05) is 23.7 Å². The average Bonchev–Trinajstić information content (AvgIpc) is 3.16. The highest BCUT2D eigenvalue weighted by Crippen LogP contribution is 2.42. The van der Waals surface area contributed by atoms with Gasteiger partial charge in [0.05, 0.1) is 16.8 Å². The molecule has 0 unspecified atom stereocenters. The molecule has 0 saturated carbocycles. The van der Waals surface area contributed by atoms with E-state index in [-0.39, 0.29) is 39.4 Å². The predicted octanol–water partition coefficient (Wildman–Crippen LogP) is 13.0. The Morgan fingerprint density at radius 3 is 1.79 bits per heavy atom. The molecular weight excluding hydrogens is 741 g/mol. The number of hydrogen-bond donors (Lipinski definition) is 2. The number of hydrogen-bond acceptors (Lipinski definition) is 7. The second-order valence-electron chi connectivity index (χ2n) is 18.1. The molecule has 9 heteroatoms. The van der Waals surface area contributed by atoms with Gasteiger partial charge in [0.2, 0.25) is 0 Å². The zero-order valence-electron chi connectivity index (χ0n) is 36.5. The van der Waals surface area contributed by atoms with Crippen LogP contribution in [0.5, 0.6) is 17.2 Å². The van der Waals surface area contributed by atoms with Crippen LogP contribution < -0.4 is 10.5 Å². The Kier molecular flexibility index (Phi) is 18.6. The Hall–Kier alpha value is -3.25.